The van der Waals surface area contributed by atoms with Gasteiger partial charge in [-0.1, -0.05) is 0 Å². The Morgan fingerprint density at radius 2 is 1.91 bits per heavy atom. The average molecular weight is 158 g/mol. The van der Waals surface area contributed by atoms with Crippen molar-refractivity contribution in [1.29, 1.82) is 0 Å². The van der Waals surface area contributed by atoms with Gasteiger partial charge in [-0.15, -0.1) is 0 Å². The van der Waals surface area contributed by atoms with Crippen molar-refractivity contribution in [2.45, 2.75) is 12.8 Å². The fourth-order valence-corrected chi connectivity index (χ4v) is 1.18. The molecule has 0 spiro atoms. The summed E-state index contributed by atoms with van der Waals surface area (Å²) in [4.78, 5) is 21.0. The fraction of sp³-hybridized carbons (Fsp3) is 0.714. The van der Waals surface area contributed by atoms with Gasteiger partial charge in [0.25, 0.3) is 0 Å². The van der Waals surface area contributed by atoms with Crippen molar-refractivity contribution in [1.82, 2.24) is 0 Å². The van der Waals surface area contributed by atoms with E-state index in [1.165, 1.54) is 7.11 Å². The summed E-state index contributed by atoms with van der Waals surface area (Å²) in [6.07, 6.45) is 0.865. The van der Waals surface area contributed by atoms with Crippen LogP contribution in [0.3, 0.4) is 0 Å². The van der Waals surface area contributed by atoms with Crippen molar-refractivity contribution in [2.24, 2.45) is 11.8 Å². The number of carbonyl (C=O) groups excluding carboxylic acids is 1. The molecule has 0 amide bonds. The van der Waals surface area contributed by atoms with Crippen LogP contribution in [0.4, 0.5) is 0 Å². The molecule has 0 radical (unpaired) electrons. The lowest BCUT2D eigenvalue weighted by Crippen LogP contribution is -2.35. The van der Waals surface area contributed by atoms with E-state index in [0.717, 1.165) is 0 Å². The normalized spacial score (nSPS) is 28.8. The topological polar surface area (TPSA) is 63.6 Å². The molecule has 1 fully saturated rings. The lowest BCUT2D eigenvalue weighted by molar-refractivity contribution is -0.156. The summed E-state index contributed by atoms with van der Waals surface area (Å²) in [5, 5.41) is 8.45. The van der Waals surface area contributed by atoms with Crippen LogP contribution in [0.15, 0.2) is 0 Å². The minimum absolute atomic E-state index is 0.180. The Kier molecular flexibility index (Phi) is 2.12. The van der Waals surface area contributed by atoms with Crippen molar-refractivity contribution in [2.75, 3.05) is 7.11 Å². The largest absolute Gasteiger partial charge is 0.481 e. The van der Waals surface area contributed by atoms with Gasteiger partial charge in [0, 0.05) is 0 Å². The van der Waals surface area contributed by atoms with E-state index in [1.807, 2.05) is 0 Å². The Balaban J connectivity index is 2.29. The second-order valence-electron chi connectivity index (χ2n) is 2.73. The molecule has 11 heavy (non-hydrogen) atoms. The fourth-order valence-electron chi connectivity index (χ4n) is 1.18. The molecule has 1 N–H and O–H groups in total. The molecule has 0 aromatic carbocycles. The van der Waals surface area contributed by atoms with Crippen LogP contribution in [-0.4, -0.2) is 24.2 Å². The maximum Gasteiger partial charge on any atom is 0.308 e. The van der Waals surface area contributed by atoms with Crippen molar-refractivity contribution >= 4 is 11.9 Å². The first-order valence-electron chi connectivity index (χ1n) is 3.45. The predicted molar refractivity (Wildman–Crippen MR) is 35.9 cm³/mol. The van der Waals surface area contributed by atoms with E-state index in [4.69, 9.17) is 5.11 Å². The van der Waals surface area contributed by atoms with Crippen LogP contribution in [0.5, 0.6) is 0 Å². The molecule has 0 aromatic rings. The van der Waals surface area contributed by atoms with E-state index in [9.17, 15) is 9.59 Å². The Morgan fingerprint density at radius 3 is 2.27 bits per heavy atom. The van der Waals surface area contributed by atoms with Crippen molar-refractivity contribution in [3.05, 3.63) is 0 Å². The molecule has 0 unspecified atom stereocenters. The molecule has 4 nitrogen and oxygen atoms in total. The first-order chi connectivity index (χ1) is 5.15. The van der Waals surface area contributed by atoms with Gasteiger partial charge < -0.3 is 9.84 Å². The number of rotatable bonds is 2. The first kappa shape index (κ1) is 8.04. The molecule has 1 rings (SSSR count). The third-order valence-corrected chi connectivity index (χ3v) is 2.02. The van der Waals surface area contributed by atoms with E-state index in [-0.39, 0.29) is 17.8 Å². The molecule has 0 heterocycles. The zero-order chi connectivity index (χ0) is 8.43. The number of ether oxygens (including phenoxy) is 1. The summed E-state index contributed by atoms with van der Waals surface area (Å²) < 4.78 is 4.45. The number of carboxylic acid groups (broad SMARTS) is 1. The highest BCUT2D eigenvalue weighted by atomic mass is 16.5. The molecule has 62 valence electrons. The first-order valence-corrected chi connectivity index (χ1v) is 3.45. The lowest BCUT2D eigenvalue weighted by Gasteiger charge is -2.29. The zero-order valence-corrected chi connectivity index (χ0v) is 6.24. The third-order valence-electron chi connectivity index (χ3n) is 2.02. The zero-order valence-electron chi connectivity index (χ0n) is 6.24. The van der Waals surface area contributed by atoms with Crippen molar-refractivity contribution < 1.29 is 19.4 Å². The third kappa shape index (κ3) is 1.50. The number of esters is 1. The van der Waals surface area contributed by atoms with Crippen LogP contribution in [-0.2, 0) is 14.3 Å². The van der Waals surface area contributed by atoms with Gasteiger partial charge >= 0.3 is 11.9 Å². The summed E-state index contributed by atoms with van der Waals surface area (Å²) in [7, 11) is 1.32. The Bertz CT molecular complexity index is 181. The molecule has 1 aliphatic rings. The van der Waals surface area contributed by atoms with Gasteiger partial charge in [0.05, 0.1) is 18.9 Å². The van der Waals surface area contributed by atoms with Crippen LogP contribution >= 0.6 is 0 Å². The van der Waals surface area contributed by atoms with Crippen LogP contribution < -0.4 is 0 Å². The second-order valence-corrected chi connectivity index (χ2v) is 2.73. The molecular weight excluding hydrogens is 148 g/mol. The number of aliphatic carboxylic acids is 1. The van der Waals surface area contributed by atoms with Crippen LogP contribution in [0, 0.1) is 11.8 Å². The maximum absolute atomic E-state index is 10.7. The second kappa shape index (κ2) is 2.90. The number of methoxy groups -OCH3 is 1. The number of carbonyl (C=O) groups is 2. The van der Waals surface area contributed by atoms with Crippen LogP contribution in [0.1, 0.15) is 12.8 Å². The van der Waals surface area contributed by atoms with E-state index in [0.29, 0.717) is 12.8 Å². The highest BCUT2D eigenvalue weighted by Gasteiger charge is 2.39. The highest BCUT2D eigenvalue weighted by molar-refractivity contribution is 5.78. The molecule has 0 saturated heterocycles. The van der Waals surface area contributed by atoms with Gasteiger partial charge in [-0.3, -0.25) is 9.59 Å². The molecule has 1 aliphatic carbocycles. The average Bonchev–Trinajstić information content (AvgIpc) is 1.83. The maximum atomic E-state index is 10.7. The highest BCUT2D eigenvalue weighted by Crippen LogP contribution is 2.34. The molecule has 4 heteroatoms. The lowest BCUT2D eigenvalue weighted by atomic mass is 9.75. The van der Waals surface area contributed by atoms with Gasteiger partial charge in [0.1, 0.15) is 0 Å². The van der Waals surface area contributed by atoms with E-state index < -0.39 is 5.97 Å². The molecule has 0 bridgehead atoms. The molecule has 0 aromatic heterocycles. The minimum atomic E-state index is -0.815. The van der Waals surface area contributed by atoms with E-state index >= 15 is 0 Å². The summed E-state index contributed by atoms with van der Waals surface area (Å²) in [5.41, 5.74) is 0. The number of carboxylic acids is 1. The summed E-state index contributed by atoms with van der Waals surface area (Å²) in [5.74, 6) is -1.62. The van der Waals surface area contributed by atoms with Crippen molar-refractivity contribution in [3.8, 4) is 0 Å². The van der Waals surface area contributed by atoms with Gasteiger partial charge in [-0.2, -0.15) is 0 Å². The predicted octanol–water partition coefficient (Wildman–Crippen LogP) is 0.270. The van der Waals surface area contributed by atoms with Gasteiger partial charge in [-0.05, 0) is 12.8 Å². The van der Waals surface area contributed by atoms with Crippen molar-refractivity contribution in [3.63, 3.8) is 0 Å². The van der Waals surface area contributed by atoms with Gasteiger partial charge in [0.15, 0.2) is 0 Å². The quantitative estimate of drug-likeness (QED) is 0.586. The molecule has 1 saturated carbocycles. The van der Waals surface area contributed by atoms with Crippen LogP contribution in [0.2, 0.25) is 0 Å². The Hall–Kier alpha value is -1.06. The van der Waals surface area contributed by atoms with Gasteiger partial charge in [0.2, 0.25) is 0 Å². The Morgan fingerprint density at radius 1 is 1.36 bits per heavy atom. The molecule has 0 aliphatic heterocycles. The van der Waals surface area contributed by atoms with E-state index in [1.54, 1.807) is 0 Å². The summed E-state index contributed by atoms with van der Waals surface area (Å²) in [6.45, 7) is 0. The summed E-state index contributed by atoms with van der Waals surface area (Å²) in [6, 6.07) is 0. The standard InChI is InChI=1S/C7H10O4/c1-11-7(10)5-2-4(3-5)6(8)9/h4-5H,2-3H2,1H3,(H,8,9). The Labute approximate surface area is 64.2 Å². The minimum Gasteiger partial charge on any atom is -0.481 e. The van der Waals surface area contributed by atoms with Gasteiger partial charge in [-0.25, -0.2) is 0 Å². The smallest absolute Gasteiger partial charge is 0.308 e. The van der Waals surface area contributed by atoms with E-state index in [2.05, 4.69) is 4.74 Å². The summed E-state index contributed by atoms with van der Waals surface area (Å²) >= 11 is 0. The number of hydrogen-bond donors (Lipinski definition) is 1. The monoisotopic (exact) mass is 158 g/mol. The molecular formula is C7H10O4. The SMILES string of the molecule is COC(=O)C1CC(C(=O)O)C1. The molecule has 0 atom stereocenters. The van der Waals surface area contributed by atoms with Crippen LogP contribution in [0.25, 0.3) is 0 Å². The number of hydrogen-bond acceptors (Lipinski definition) is 3.